The van der Waals surface area contributed by atoms with Crippen LogP contribution in [-0.4, -0.2) is 63.4 Å². The molecule has 43 heavy (non-hydrogen) atoms. The number of aromatic nitrogens is 2. The van der Waals surface area contributed by atoms with Crippen molar-refractivity contribution in [2.45, 2.75) is 70.2 Å². The smallest absolute Gasteiger partial charge is 0.346 e. The highest BCUT2D eigenvalue weighted by molar-refractivity contribution is 7.20. The molecule has 0 radical (unpaired) electrons. The molecule has 1 N–H and O–H groups in total. The summed E-state index contributed by atoms with van der Waals surface area (Å²) in [5.41, 5.74) is 3.07. The van der Waals surface area contributed by atoms with E-state index in [9.17, 15) is 14.3 Å². The quantitative estimate of drug-likeness (QED) is 0.295. The Morgan fingerprint density at radius 1 is 1.14 bits per heavy atom. The predicted molar refractivity (Wildman–Crippen MR) is 160 cm³/mol. The lowest BCUT2D eigenvalue weighted by atomic mass is 10.0. The Bertz CT molecular complexity index is 1740. The number of benzene rings is 2. The second kappa shape index (κ2) is 9.93. The molecule has 0 aliphatic carbocycles. The van der Waals surface area contributed by atoms with Crippen molar-refractivity contribution in [3.05, 3.63) is 70.1 Å². The Balaban J connectivity index is 1.04. The number of aromatic carboxylic acids is 1. The molecule has 4 aromatic rings. The molecule has 2 aromatic heterocycles. The van der Waals surface area contributed by atoms with Crippen LogP contribution in [0.25, 0.3) is 10.3 Å². The minimum atomic E-state index is -1.24. The van der Waals surface area contributed by atoms with Gasteiger partial charge in [0.05, 0.1) is 36.0 Å². The van der Waals surface area contributed by atoms with Crippen molar-refractivity contribution in [2.24, 2.45) is 0 Å². The Morgan fingerprint density at radius 3 is 2.63 bits per heavy atom. The SMILES string of the molecule is Cc1ccc([C@]2(C)Oc3cccc(N4CC5CCC(C4)N5Cc4nc5sc(C(=O)O)cc5n4C[C@@H]4CCO4)c3O2)c(F)c1. The van der Waals surface area contributed by atoms with Crippen molar-refractivity contribution in [3.63, 3.8) is 0 Å². The molecule has 4 aliphatic heterocycles. The maximum atomic E-state index is 15.0. The molecule has 3 saturated heterocycles. The van der Waals surface area contributed by atoms with Crippen LogP contribution >= 0.6 is 11.3 Å². The van der Waals surface area contributed by atoms with E-state index in [2.05, 4.69) is 20.4 Å². The van der Waals surface area contributed by atoms with Crippen LogP contribution in [0.15, 0.2) is 42.5 Å². The first-order valence-electron chi connectivity index (χ1n) is 14.9. The van der Waals surface area contributed by atoms with E-state index in [0.29, 0.717) is 47.1 Å². The van der Waals surface area contributed by atoms with Gasteiger partial charge in [0, 0.05) is 38.7 Å². The van der Waals surface area contributed by atoms with Gasteiger partial charge in [-0.25, -0.2) is 14.2 Å². The maximum absolute atomic E-state index is 15.0. The lowest BCUT2D eigenvalue weighted by molar-refractivity contribution is -0.0705. The van der Waals surface area contributed by atoms with Crippen LogP contribution < -0.4 is 14.4 Å². The minimum absolute atomic E-state index is 0.138. The van der Waals surface area contributed by atoms with Crippen LogP contribution in [-0.2, 0) is 23.6 Å². The average Bonchev–Trinajstić information content (AvgIpc) is 3.65. The zero-order chi connectivity index (χ0) is 29.5. The van der Waals surface area contributed by atoms with Crippen LogP contribution in [0.1, 0.15) is 52.8 Å². The molecular weight excluding hydrogens is 571 g/mol. The number of hydrogen-bond donors (Lipinski definition) is 1. The first-order chi connectivity index (χ1) is 20.8. The van der Waals surface area contributed by atoms with Crippen LogP contribution in [0.5, 0.6) is 11.5 Å². The molecule has 0 spiro atoms. The summed E-state index contributed by atoms with van der Waals surface area (Å²) in [6.45, 7) is 7.45. The number of hydrogen-bond acceptors (Lipinski definition) is 8. The van der Waals surface area contributed by atoms with Gasteiger partial charge in [-0.3, -0.25) is 4.90 Å². The summed E-state index contributed by atoms with van der Waals surface area (Å²) >= 11 is 1.23. The number of para-hydroxylation sites is 1. The molecule has 6 heterocycles. The van der Waals surface area contributed by atoms with Crippen LogP contribution in [0.4, 0.5) is 10.1 Å². The van der Waals surface area contributed by atoms with Crippen molar-refractivity contribution < 1.29 is 28.5 Å². The second-order valence-corrected chi connectivity index (χ2v) is 13.3. The topological polar surface area (TPSA) is 89.3 Å². The standard InChI is InChI=1S/C32H33FN4O5S/c1-18-6-9-22(23(33)12-18)32(2)41-26-5-3-4-24(29(26)42-32)35-14-19-7-8-20(15-35)36(19)17-28-34-30-25(13-27(43-30)31(38)39)37(28)16-21-10-11-40-21/h3-6,9,12-13,19-21H,7-8,10-11,14-17H2,1-2H3,(H,38,39)/t19?,20?,21-,32+/m0/s1. The van der Waals surface area contributed by atoms with E-state index in [4.69, 9.17) is 19.2 Å². The van der Waals surface area contributed by atoms with E-state index in [1.54, 1.807) is 19.1 Å². The van der Waals surface area contributed by atoms with Gasteiger partial charge in [-0.05, 0) is 62.1 Å². The number of carboxylic acids is 1. The predicted octanol–water partition coefficient (Wildman–Crippen LogP) is 5.53. The number of nitrogens with zero attached hydrogens (tertiary/aromatic N) is 4. The molecule has 2 unspecified atom stereocenters. The van der Waals surface area contributed by atoms with E-state index in [0.717, 1.165) is 66.4 Å². The number of piperazine rings is 1. The molecule has 2 aromatic carbocycles. The Kier molecular flexibility index (Phi) is 6.22. The minimum Gasteiger partial charge on any atom is -0.477 e. The molecule has 8 rings (SSSR count). The number of fused-ring (bicyclic) bond motifs is 4. The normalized spacial score (nSPS) is 26.3. The average molecular weight is 605 g/mol. The third-order valence-corrected chi connectivity index (χ3v) is 10.4. The zero-order valence-electron chi connectivity index (χ0n) is 24.1. The Morgan fingerprint density at radius 2 is 1.93 bits per heavy atom. The van der Waals surface area contributed by atoms with E-state index in [1.165, 1.54) is 17.4 Å². The number of carbonyl (C=O) groups is 1. The highest BCUT2D eigenvalue weighted by Crippen LogP contribution is 2.50. The third kappa shape index (κ3) is 4.47. The van der Waals surface area contributed by atoms with Gasteiger partial charge in [0.2, 0.25) is 0 Å². The fourth-order valence-electron chi connectivity index (χ4n) is 7.09. The lowest BCUT2D eigenvalue weighted by Crippen LogP contribution is -2.53. The number of carboxylic acid groups (broad SMARTS) is 1. The summed E-state index contributed by atoms with van der Waals surface area (Å²) < 4.78 is 35.6. The number of ether oxygens (including phenoxy) is 3. The van der Waals surface area contributed by atoms with Crippen molar-refractivity contribution in [1.29, 1.82) is 0 Å². The summed E-state index contributed by atoms with van der Waals surface area (Å²) in [6, 6.07) is 13.4. The van der Waals surface area contributed by atoms with Gasteiger partial charge in [0.15, 0.2) is 11.5 Å². The van der Waals surface area contributed by atoms with Crippen molar-refractivity contribution >= 4 is 33.3 Å². The molecule has 0 saturated carbocycles. The van der Waals surface area contributed by atoms with Gasteiger partial charge in [-0.15, -0.1) is 11.3 Å². The summed E-state index contributed by atoms with van der Waals surface area (Å²) in [7, 11) is 0. The Labute approximate surface area is 252 Å². The van der Waals surface area contributed by atoms with E-state index in [1.807, 2.05) is 25.1 Å². The van der Waals surface area contributed by atoms with Crippen LogP contribution in [0.3, 0.4) is 0 Å². The fourth-order valence-corrected chi connectivity index (χ4v) is 7.98. The number of imidazole rings is 1. The Hall–Kier alpha value is -3.67. The largest absolute Gasteiger partial charge is 0.477 e. The summed E-state index contributed by atoms with van der Waals surface area (Å²) in [4.78, 5) is 22.6. The summed E-state index contributed by atoms with van der Waals surface area (Å²) in [5.74, 6) is -0.265. The van der Waals surface area contributed by atoms with Crippen molar-refractivity contribution in [1.82, 2.24) is 14.5 Å². The maximum Gasteiger partial charge on any atom is 0.346 e. The monoisotopic (exact) mass is 604 g/mol. The number of anilines is 1. The molecule has 11 heteroatoms. The second-order valence-electron chi connectivity index (χ2n) is 12.2. The van der Waals surface area contributed by atoms with Gasteiger partial charge in [0.1, 0.15) is 21.3 Å². The first-order valence-corrected chi connectivity index (χ1v) is 15.7. The molecule has 2 bridgehead atoms. The molecule has 9 nitrogen and oxygen atoms in total. The number of aryl methyl sites for hydroxylation is 1. The van der Waals surface area contributed by atoms with Gasteiger partial charge in [-0.1, -0.05) is 12.1 Å². The van der Waals surface area contributed by atoms with Gasteiger partial charge in [0.25, 0.3) is 5.79 Å². The van der Waals surface area contributed by atoms with Crippen LogP contribution in [0, 0.1) is 12.7 Å². The molecular formula is C32H33FN4O5S. The first kappa shape index (κ1) is 26.9. The zero-order valence-corrected chi connectivity index (χ0v) is 24.9. The molecule has 224 valence electrons. The highest BCUT2D eigenvalue weighted by Gasteiger charge is 2.45. The third-order valence-electron chi connectivity index (χ3n) is 9.39. The number of thiophene rings is 1. The van der Waals surface area contributed by atoms with E-state index < -0.39 is 11.8 Å². The van der Waals surface area contributed by atoms with Crippen LogP contribution in [0.2, 0.25) is 0 Å². The van der Waals surface area contributed by atoms with Gasteiger partial charge >= 0.3 is 5.97 Å². The van der Waals surface area contributed by atoms with Crippen molar-refractivity contribution in [3.8, 4) is 11.5 Å². The van der Waals surface area contributed by atoms with Gasteiger partial charge in [-0.2, -0.15) is 0 Å². The van der Waals surface area contributed by atoms with E-state index in [-0.39, 0.29) is 11.9 Å². The highest BCUT2D eigenvalue weighted by atomic mass is 32.1. The lowest BCUT2D eigenvalue weighted by Gasteiger charge is -2.42. The molecule has 0 amide bonds. The van der Waals surface area contributed by atoms with Crippen molar-refractivity contribution in [2.75, 3.05) is 24.6 Å². The number of halogens is 1. The molecule has 4 aliphatic rings. The summed E-state index contributed by atoms with van der Waals surface area (Å²) in [6.07, 6.45) is 3.31. The number of rotatable bonds is 7. The van der Waals surface area contributed by atoms with Gasteiger partial charge < -0.3 is 28.8 Å². The molecule has 4 atom stereocenters. The summed E-state index contributed by atoms with van der Waals surface area (Å²) in [5, 5.41) is 9.53. The fraction of sp³-hybridized carbons (Fsp3) is 0.438. The van der Waals surface area contributed by atoms with E-state index >= 15 is 0 Å². The molecule has 3 fully saturated rings.